The van der Waals surface area contributed by atoms with Crippen molar-refractivity contribution < 1.29 is 14.0 Å². The summed E-state index contributed by atoms with van der Waals surface area (Å²) < 4.78 is 7.36. The number of hydrogen-bond donors (Lipinski definition) is 1. The molecular formula is C25H28ClN5O3. The minimum Gasteiger partial charge on any atom is -0.467 e. The van der Waals surface area contributed by atoms with Crippen molar-refractivity contribution in [2.45, 2.75) is 51.7 Å². The molecule has 9 heteroatoms. The van der Waals surface area contributed by atoms with Gasteiger partial charge in [0.2, 0.25) is 5.95 Å². The molecule has 0 radical (unpaired) electrons. The number of imide groups is 1. The minimum atomic E-state index is -0.348. The van der Waals surface area contributed by atoms with E-state index >= 15 is 0 Å². The second-order valence-corrected chi connectivity index (χ2v) is 9.19. The first-order valence-electron chi connectivity index (χ1n) is 11.8. The van der Waals surface area contributed by atoms with Crippen molar-refractivity contribution in [2.24, 2.45) is 0 Å². The highest BCUT2D eigenvalue weighted by atomic mass is 35.5. The topological polar surface area (TPSA) is 83.6 Å². The standard InChI is InChI=1S/C25H28ClN5O3/c1-2-3-12-30-23(32)20-7-4-13-29(20)22-21(24(30)33)31(16-17-8-10-18(26)11-9-17)25(28-22)27-15-19-6-5-14-34-19/h5-6,8-11,14,20H,2-4,7,12-13,15-16H2,1H3,(H,27,28). The van der Waals surface area contributed by atoms with E-state index in [2.05, 4.69) is 12.2 Å². The number of unbranched alkanes of at least 4 members (excludes halogenated alkanes) is 1. The number of carbonyl (C=O) groups is 2. The number of rotatable bonds is 8. The molecule has 1 saturated heterocycles. The van der Waals surface area contributed by atoms with Crippen molar-refractivity contribution >= 4 is 35.2 Å². The van der Waals surface area contributed by atoms with Crippen molar-refractivity contribution in [3.63, 3.8) is 0 Å². The van der Waals surface area contributed by atoms with Crippen LogP contribution in [0.15, 0.2) is 47.1 Å². The maximum absolute atomic E-state index is 13.8. The van der Waals surface area contributed by atoms with Crippen LogP contribution in [0.3, 0.4) is 0 Å². The van der Waals surface area contributed by atoms with Crippen molar-refractivity contribution in [1.29, 1.82) is 0 Å². The zero-order valence-electron chi connectivity index (χ0n) is 19.2. The smallest absolute Gasteiger partial charge is 0.281 e. The van der Waals surface area contributed by atoms with Gasteiger partial charge in [0.25, 0.3) is 11.8 Å². The summed E-state index contributed by atoms with van der Waals surface area (Å²) in [5.41, 5.74) is 1.43. The van der Waals surface area contributed by atoms with E-state index in [4.69, 9.17) is 21.0 Å². The Morgan fingerprint density at radius 2 is 2.03 bits per heavy atom. The van der Waals surface area contributed by atoms with Gasteiger partial charge in [-0.25, -0.2) is 0 Å². The second kappa shape index (κ2) is 9.54. The molecule has 1 fully saturated rings. The first-order valence-corrected chi connectivity index (χ1v) is 12.2. The molecule has 1 N–H and O–H groups in total. The average molecular weight is 482 g/mol. The molecule has 1 atom stereocenters. The van der Waals surface area contributed by atoms with Gasteiger partial charge < -0.3 is 14.6 Å². The second-order valence-electron chi connectivity index (χ2n) is 8.75. The Hall–Kier alpha value is -3.26. The highest BCUT2D eigenvalue weighted by Gasteiger charge is 2.44. The van der Waals surface area contributed by atoms with Crippen molar-refractivity contribution in [3.8, 4) is 0 Å². The highest BCUT2D eigenvalue weighted by molar-refractivity contribution is 6.30. The van der Waals surface area contributed by atoms with Crippen LogP contribution in [0.1, 0.15) is 54.4 Å². The van der Waals surface area contributed by atoms with Gasteiger partial charge >= 0.3 is 0 Å². The fraction of sp³-hybridized carbons (Fsp3) is 0.400. The SMILES string of the molecule is CCCCN1C(=O)c2c(nc(NCc3ccco3)n2Cc2ccc(Cl)cc2)N2CCCC2C1=O. The first kappa shape index (κ1) is 22.5. The molecule has 3 aromatic rings. The quantitative estimate of drug-likeness (QED) is 0.475. The van der Waals surface area contributed by atoms with Gasteiger partial charge in [-0.1, -0.05) is 37.1 Å². The number of hydrogen-bond acceptors (Lipinski definition) is 6. The number of halogens is 1. The number of furan rings is 1. The number of nitrogens with zero attached hydrogens (tertiary/aromatic N) is 4. The third-order valence-corrected chi connectivity index (χ3v) is 6.71. The number of anilines is 2. The summed E-state index contributed by atoms with van der Waals surface area (Å²) in [6.07, 6.45) is 4.92. The number of aromatic nitrogens is 2. The molecule has 34 heavy (non-hydrogen) atoms. The molecule has 4 heterocycles. The summed E-state index contributed by atoms with van der Waals surface area (Å²) in [5, 5.41) is 3.99. The lowest BCUT2D eigenvalue weighted by Gasteiger charge is -2.25. The molecule has 178 valence electrons. The molecule has 2 aromatic heterocycles. The van der Waals surface area contributed by atoms with Crippen LogP contribution in [0.4, 0.5) is 11.8 Å². The summed E-state index contributed by atoms with van der Waals surface area (Å²) in [7, 11) is 0. The number of benzene rings is 1. The molecule has 0 spiro atoms. The lowest BCUT2D eigenvalue weighted by atomic mass is 10.2. The van der Waals surface area contributed by atoms with Gasteiger partial charge in [0.05, 0.1) is 19.4 Å². The zero-order chi connectivity index (χ0) is 23.7. The molecule has 1 aromatic carbocycles. The Morgan fingerprint density at radius 3 is 2.76 bits per heavy atom. The molecule has 2 aliphatic rings. The molecular weight excluding hydrogens is 454 g/mol. The van der Waals surface area contributed by atoms with Crippen LogP contribution in [-0.4, -0.2) is 45.4 Å². The Labute approximate surface area is 203 Å². The number of amides is 2. The van der Waals surface area contributed by atoms with E-state index in [0.717, 1.165) is 37.0 Å². The fourth-order valence-electron chi connectivity index (χ4n) is 4.70. The largest absolute Gasteiger partial charge is 0.467 e. The lowest BCUT2D eigenvalue weighted by Crippen LogP contribution is -2.46. The van der Waals surface area contributed by atoms with Gasteiger partial charge in [-0.2, -0.15) is 4.98 Å². The number of nitrogens with one attached hydrogen (secondary N) is 1. The van der Waals surface area contributed by atoms with Gasteiger partial charge in [0, 0.05) is 18.1 Å². The monoisotopic (exact) mass is 481 g/mol. The molecule has 0 aliphatic carbocycles. The fourth-order valence-corrected chi connectivity index (χ4v) is 4.83. The van der Waals surface area contributed by atoms with Crippen LogP contribution in [0.25, 0.3) is 0 Å². The van der Waals surface area contributed by atoms with E-state index in [-0.39, 0.29) is 17.9 Å². The van der Waals surface area contributed by atoms with Crippen molar-refractivity contribution in [3.05, 3.63) is 64.7 Å². The zero-order valence-corrected chi connectivity index (χ0v) is 19.9. The van der Waals surface area contributed by atoms with Crippen LogP contribution in [0.5, 0.6) is 0 Å². The normalized spacial score (nSPS) is 17.6. The van der Waals surface area contributed by atoms with Crippen molar-refractivity contribution in [2.75, 3.05) is 23.3 Å². The Morgan fingerprint density at radius 1 is 1.21 bits per heavy atom. The summed E-state index contributed by atoms with van der Waals surface area (Å²) in [4.78, 5) is 35.5. The molecule has 0 bridgehead atoms. The number of carbonyl (C=O) groups excluding carboxylic acids is 2. The van der Waals surface area contributed by atoms with Gasteiger partial charge in [-0.05, 0) is 49.1 Å². The predicted molar refractivity (Wildman–Crippen MR) is 130 cm³/mol. The highest BCUT2D eigenvalue weighted by Crippen LogP contribution is 2.36. The number of fused-ring (bicyclic) bond motifs is 3. The maximum atomic E-state index is 13.8. The molecule has 1 unspecified atom stereocenters. The summed E-state index contributed by atoms with van der Waals surface area (Å²) >= 11 is 6.09. The first-order chi connectivity index (χ1) is 16.6. The molecule has 2 amide bonds. The van der Waals surface area contributed by atoms with Crippen LogP contribution in [-0.2, 0) is 17.9 Å². The van der Waals surface area contributed by atoms with Crippen LogP contribution >= 0.6 is 11.6 Å². The average Bonchev–Trinajstić information content (AvgIpc) is 3.58. The summed E-state index contributed by atoms with van der Waals surface area (Å²) in [6, 6.07) is 10.9. The van der Waals surface area contributed by atoms with Gasteiger partial charge in [-0.3, -0.25) is 19.1 Å². The molecule has 8 nitrogen and oxygen atoms in total. The van der Waals surface area contributed by atoms with E-state index in [0.29, 0.717) is 48.7 Å². The van der Waals surface area contributed by atoms with E-state index in [1.165, 1.54) is 4.90 Å². The van der Waals surface area contributed by atoms with E-state index in [1.54, 1.807) is 6.26 Å². The molecule has 0 saturated carbocycles. The van der Waals surface area contributed by atoms with Crippen LogP contribution in [0.2, 0.25) is 5.02 Å². The lowest BCUT2D eigenvalue weighted by molar-refractivity contribution is -0.129. The van der Waals surface area contributed by atoms with Crippen LogP contribution < -0.4 is 10.2 Å². The van der Waals surface area contributed by atoms with Gasteiger partial charge in [-0.15, -0.1) is 0 Å². The maximum Gasteiger partial charge on any atom is 0.281 e. The minimum absolute atomic E-state index is 0.114. The molecule has 5 rings (SSSR count). The van der Waals surface area contributed by atoms with Gasteiger partial charge in [0.1, 0.15) is 11.8 Å². The van der Waals surface area contributed by atoms with E-state index in [9.17, 15) is 9.59 Å². The summed E-state index contributed by atoms with van der Waals surface area (Å²) in [5.74, 6) is 1.52. The predicted octanol–water partition coefficient (Wildman–Crippen LogP) is 4.54. The van der Waals surface area contributed by atoms with E-state index in [1.807, 2.05) is 45.9 Å². The third kappa shape index (κ3) is 4.18. The van der Waals surface area contributed by atoms with Gasteiger partial charge in [0.15, 0.2) is 11.5 Å². The van der Waals surface area contributed by atoms with E-state index < -0.39 is 0 Å². The number of imidazole rings is 1. The molecule has 2 aliphatic heterocycles. The summed E-state index contributed by atoms with van der Waals surface area (Å²) in [6.45, 7) is 4.02. The Bertz CT molecular complexity index is 1170. The third-order valence-electron chi connectivity index (χ3n) is 6.46. The Kier molecular flexibility index (Phi) is 6.32. The Balaban J connectivity index is 1.59. The van der Waals surface area contributed by atoms with Crippen LogP contribution in [0, 0.1) is 0 Å². The van der Waals surface area contributed by atoms with Crippen molar-refractivity contribution in [1.82, 2.24) is 14.5 Å².